The molecular weight excluding hydrogens is 256 g/mol. The molecule has 0 radical (unpaired) electrons. The third kappa shape index (κ3) is 2.43. The Bertz CT molecular complexity index is 504. The van der Waals surface area contributed by atoms with E-state index in [0.29, 0.717) is 5.54 Å². The van der Waals surface area contributed by atoms with Crippen LogP contribution in [0.15, 0.2) is 24.3 Å². The van der Waals surface area contributed by atoms with Crippen LogP contribution in [0.2, 0.25) is 0 Å². The smallest absolute Gasteiger partial charge is 0.0309 e. The SMILES string of the molecule is CCC1CNC2(CCCC2)CN1CC1Cc2ccccc21. The summed E-state index contributed by atoms with van der Waals surface area (Å²) in [6.07, 6.45) is 8.19. The van der Waals surface area contributed by atoms with Gasteiger partial charge in [0.25, 0.3) is 0 Å². The average molecular weight is 284 g/mol. The van der Waals surface area contributed by atoms with Gasteiger partial charge < -0.3 is 5.32 Å². The molecule has 21 heavy (non-hydrogen) atoms. The van der Waals surface area contributed by atoms with E-state index in [4.69, 9.17) is 0 Å². The quantitative estimate of drug-likeness (QED) is 0.916. The summed E-state index contributed by atoms with van der Waals surface area (Å²) in [6, 6.07) is 9.78. The molecule has 1 saturated heterocycles. The number of hydrogen-bond donors (Lipinski definition) is 1. The summed E-state index contributed by atoms with van der Waals surface area (Å²) in [7, 11) is 0. The Kier molecular flexibility index (Phi) is 3.55. The lowest BCUT2D eigenvalue weighted by atomic mass is 9.76. The highest BCUT2D eigenvalue weighted by molar-refractivity contribution is 5.40. The third-order valence-corrected chi connectivity index (χ3v) is 6.18. The summed E-state index contributed by atoms with van der Waals surface area (Å²) in [5.74, 6) is 0.784. The molecule has 0 aromatic heterocycles. The van der Waals surface area contributed by atoms with E-state index in [9.17, 15) is 0 Å². The van der Waals surface area contributed by atoms with E-state index in [-0.39, 0.29) is 0 Å². The topological polar surface area (TPSA) is 15.3 Å². The van der Waals surface area contributed by atoms with Crippen LogP contribution in [0.5, 0.6) is 0 Å². The van der Waals surface area contributed by atoms with Gasteiger partial charge in [0.05, 0.1) is 0 Å². The first kappa shape index (κ1) is 13.8. The van der Waals surface area contributed by atoms with E-state index >= 15 is 0 Å². The second-order valence-corrected chi connectivity index (χ2v) is 7.46. The second-order valence-electron chi connectivity index (χ2n) is 7.46. The van der Waals surface area contributed by atoms with Crippen molar-refractivity contribution >= 4 is 0 Å². The van der Waals surface area contributed by atoms with Crippen LogP contribution < -0.4 is 5.32 Å². The fourth-order valence-corrected chi connectivity index (χ4v) is 4.85. The van der Waals surface area contributed by atoms with Crippen molar-refractivity contribution in [1.82, 2.24) is 10.2 Å². The Morgan fingerprint density at radius 3 is 2.81 bits per heavy atom. The molecule has 1 saturated carbocycles. The standard InChI is InChI=1S/C19H28N2/c1-2-17-12-20-19(9-5-6-10-19)14-21(17)13-16-11-15-7-3-4-8-18(15)16/h3-4,7-8,16-17,20H,2,5-6,9-14H2,1H3. The summed E-state index contributed by atoms with van der Waals surface area (Å²) in [5.41, 5.74) is 3.65. The van der Waals surface area contributed by atoms with Crippen molar-refractivity contribution in [2.24, 2.45) is 0 Å². The zero-order valence-corrected chi connectivity index (χ0v) is 13.3. The molecule has 1 aromatic carbocycles. The molecule has 1 heterocycles. The molecule has 4 rings (SSSR count). The van der Waals surface area contributed by atoms with Gasteiger partial charge in [0.2, 0.25) is 0 Å². The van der Waals surface area contributed by atoms with Crippen LogP contribution in [0.25, 0.3) is 0 Å². The molecule has 114 valence electrons. The van der Waals surface area contributed by atoms with Gasteiger partial charge in [0, 0.05) is 37.1 Å². The van der Waals surface area contributed by atoms with E-state index in [2.05, 4.69) is 41.4 Å². The largest absolute Gasteiger partial charge is 0.308 e. The number of benzene rings is 1. The van der Waals surface area contributed by atoms with Crippen molar-refractivity contribution in [3.8, 4) is 0 Å². The zero-order chi connectivity index (χ0) is 14.3. The van der Waals surface area contributed by atoms with Crippen LogP contribution in [0.4, 0.5) is 0 Å². The first-order valence-electron chi connectivity index (χ1n) is 8.86. The Morgan fingerprint density at radius 2 is 2.05 bits per heavy atom. The molecule has 0 bridgehead atoms. The zero-order valence-electron chi connectivity index (χ0n) is 13.3. The lowest BCUT2D eigenvalue weighted by Crippen LogP contribution is -2.63. The maximum absolute atomic E-state index is 3.91. The van der Waals surface area contributed by atoms with Crippen LogP contribution in [-0.4, -0.2) is 36.1 Å². The van der Waals surface area contributed by atoms with E-state index in [1.165, 1.54) is 58.2 Å². The normalized spacial score (nSPS) is 31.1. The van der Waals surface area contributed by atoms with E-state index < -0.39 is 0 Å². The molecular formula is C19H28N2. The maximum atomic E-state index is 3.91. The molecule has 1 N–H and O–H groups in total. The highest BCUT2D eigenvalue weighted by atomic mass is 15.3. The first-order valence-corrected chi connectivity index (χ1v) is 8.86. The summed E-state index contributed by atoms with van der Waals surface area (Å²) >= 11 is 0. The Morgan fingerprint density at radius 1 is 1.24 bits per heavy atom. The van der Waals surface area contributed by atoms with Crippen molar-refractivity contribution in [3.63, 3.8) is 0 Å². The average Bonchev–Trinajstić information content (AvgIpc) is 2.93. The molecule has 0 amide bonds. The van der Waals surface area contributed by atoms with Crippen LogP contribution >= 0.6 is 0 Å². The predicted molar refractivity (Wildman–Crippen MR) is 87.7 cm³/mol. The second kappa shape index (κ2) is 5.40. The Balaban J connectivity index is 1.47. The minimum atomic E-state index is 0.453. The lowest BCUT2D eigenvalue weighted by molar-refractivity contribution is 0.0704. The van der Waals surface area contributed by atoms with Crippen molar-refractivity contribution in [3.05, 3.63) is 35.4 Å². The first-order chi connectivity index (χ1) is 10.3. The van der Waals surface area contributed by atoms with Crippen molar-refractivity contribution in [2.45, 2.75) is 62.9 Å². The molecule has 2 nitrogen and oxygen atoms in total. The van der Waals surface area contributed by atoms with Gasteiger partial charge in [-0.05, 0) is 36.8 Å². The number of piperazine rings is 1. The van der Waals surface area contributed by atoms with Crippen molar-refractivity contribution < 1.29 is 0 Å². The van der Waals surface area contributed by atoms with Gasteiger partial charge in [-0.1, -0.05) is 44.0 Å². The Hall–Kier alpha value is -0.860. The van der Waals surface area contributed by atoms with Crippen LogP contribution in [0, 0.1) is 0 Å². The van der Waals surface area contributed by atoms with Gasteiger partial charge in [-0.3, -0.25) is 4.90 Å². The summed E-state index contributed by atoms with van der Waals surface area (Å²) < 4.78 is 0. The Labute approximate surface area is 128 Å². The molecule has 2 aliphatic carbocycles. The molecule has 1 aliphatic heterocycles. The van der Waals surface area contributed by atoms with Gasteiger partial charge in [-0.2, -0.15) is 0 Å². The highest BCUT2D eigenvalue weighted by Gasteiger charge is 2.41. The molecule has 3 aliphatic rings. The fourth-order valence-electron chi connectivity index (χ4n) is 4.85. The molecule has 2 unspecified atom stereocenters. The predicted octanol–water partition coefficient (Wildman–Crippen LogP) is 3.32. The van der Waals surface area contributed by atoms with Gasteiger partial charge in [0.15, 0.2) is 0 Å². The lowest BCUT2D eigenvalue weighted by Gasteiger charge is -2.48. The molecule has 1 aromatic rings. The van der Waals surface area contributed by atoms with Gasteiger partial charge in [-0.15, -0.1) is 0 Å². The van der Waals surface area contributed by atoms with Crippen LogP contribution in [-0.2, 0) is 6.42 Å². The summed E-state index contributed by atoms with van der Waals surface area (Å²) in [5, 5.41) is 3.91. The fraction of sp³-hybridized carbons (Fsp3) is 0.684. The van der Waals surface area contributed by atoms with Crippen LogP contribution in [0.3, 0.4) is 0 Å². The minimum absolute atomic E-state index is 0.453. The van der Waals surface area contributed by atoms with E-state index in [0.717, 1.165) is 12.0 Å². The number of fused-ring (bicyclic) bond motifs is 1. The molecule has 2 heteroatoms. The number of nitrogens with one attached hydrogen (secondary N) is 1. The summed E-state index contributed by atoms with van der Waals surface area (Å²) in [6.45, 7) is 6.11. The minimum Gasteiger partial charge on any atom is -0.308 e. The van der Waals surface area contributed by atoms with Gasteiger partial charge in [-0.25, -0.2) is 0 Å². The number of hydrogen-bond acceptors (Lipinski definition) is 2. The van der Waals surface area contributed by atoms with Crippen molar-refractivity contribution in [2.75, 3.05) is 19.6 Å². The number of rotatable bonds is 3. The highest BCUT2D eigenvalue weighted by Crippen LogP contribution is 2.38. The molecule has 2 fully saturated rings. The third-order valence-electron chi connectivity index (χ3n) is 6.18. The van der Waals surface area contributed by atoms with E-state index in [1.54, 1.807) is 11.1 Å². The maximum Gasteiger partial charge on any atom is 0.0309 e. The van der Waals surface area contributed by atoms with Crippen molar-refractivity contribution in [1.29, 1.82) is 0 Å². The van der Waals surface area contributed by atoms with Crippen LogP contribution in [0.1, 0.15) is 56.1 Å². The summed E-state index contributed by atoms with van der Waals surface area (Å²) in [4.78, 5) is 2.82. The monoisotopic (exact) mass is 284 g/mol. The molecule has 2 atom stereocenters. The number of nitrogens with zero attached hydrogens (tertiary/aromatic N) is 1. The molecule has 1 spiro atoms. The van der Waals surface area contributed by atoms with E-state index in [1.807, 2.05) is 0 Å². The van der Waals surface area contributed by atoms with Gasteiger partial charge >= 0.3 is 0 Å². The van der Waals surface area contributed by atoms with Gasteiger partial charge in [0.1, 0.15) is 0 Å².